The molecule has 0 atom stereocenters. The molecule has 0 saturated carbocycles. The van der Waals surface area contributed by atoms with Crippen molar-refractivity contribution in [3.63, 3.8) is 0 Å². The molecule has 5 heteroatoms. The number of benzene rings is 1. The molecule has 2 heterocycles. The Labute approximate surface area is 141 Å². The van der Waals surface area contributed by atoms with Crippen LogP contribution in [0.4, 0.5) is 5.69 Å². The molecule has 0 amide bonds. The Kier molecular flexibility index (Phi) is 5.39. The van der Waals surface area contributed by atoms with Gasteiger partial charge in [0.15, 0.2) is 0 Å². The van der Waals surface area contributed by atoms with Crippen molar-refractivity contribution in [2.45, 2.75) is 26.9 Å². The number of aromatic nitrogens is 1. The second kappa shape index (κ2) is 7.49. The van der Waals surface area contributed by atoms with Crippen molar-refractivity contribution in [1.29, 1.82) is 0 Å². The summed E-state index contributed by atoms with van der Waals surface area (Å²) >= 11 is 3.79. The lowest BCUT2D eigenvalue weighted by Crippen LogP contribution is -2.31. The van der Waals surface area contributed by atoms with Crippen LogP contribution in [0.25, 0.3) is 0 Å². The predicted octanol–water partition coefficient (Wildman–Crippen LogP) is 3.92. The number of aryl methyl sites for hydroxylation is 2. The van der Waals surface area contributed by atoms with E-state index in [2.05, 4.69) is 57.5 Å². The Morgan fingerprint density at radius 3 is 2.77 bits per heavy atom. The standard InChI is InChI=1S/C17H23N3S2/c1-13-3-4-15(11-20-5-7-21-8-6-20)9-16(13)18-10-17-19-14(2)12-22-17/h3-4,9,12,18H,5-8,10-11H2,1-2H3. The Hall–Kier alpha value is -1.04. The minimum absolute atomic E-state index is 0.809. The van der Waals surface area contributed by atoms with Gasteiger partial charge >= 0.3 is 0 Å². The maximum Gasteiger partial charge on any atom is 0.112 e. The van der Waals surface area contributed by atoms with E-state index < -0.39 is 0 Å². The molecule has 1 aliphatic rings. The van der Waals surface area contributed by atoms with Gasteiger partial charge in [0.1, 0.15) is 5.01 Å². The summed E-state index contributed by atoms with van der Waals surface area (Å²) in [5.41, 5.74) is 5.04. The molecular weight excluding hydrogens is 310 g/mol. The number of nitrogens with zero attached hydrogens (tertiary/aromatic N) is 2. The van der Waals surface area contributed by atoms with Crippen LogP contribution in [0, 0.1) is 13.8 Å². The molecule has 1 aliphatic heterocycles. The van der Waals surface area contributed by atoms with E-state index in [0.29, 0.717) is 0 Å². The molecule has 1 fully saturated rings. The molecule has 22 heavy (non-hydrogen) atoms. The van der Waals surface area contributed by atoms with E-state index in [1.807, 2.05) is 6.92 Å². The van der Waals surface area contributed by atoms with Crippen LogP contribution in [0.5, 0.6) is 0 Å². The van der Waals surface area contributed by atoms with Crippen LogP contribution in [0.3, 0.4) is 0 Å². The number of nitrogens with one attached hydrogen (secondary N) is 1. The first kappa shape index (κ1) is 15.8. The SMILES string of the molecule is Cc1csc(CNc2cc(CN3CCSCC3)ccc2C)n1. The molecular formula is C17H23N3S2. The van der Waals surface area contributed by atoms with Crippen LogP contribution in [0.1, 0.15) is 21.8 Å². The number of hydrogen-bond acceptors (Lipinski definition) is 5. The molecule has 2 aromatic rings. The number of thioether (sulfide) groups is 1. The Morgan fingerprint density at radius 1 is 1.23 bits per heavy atom. The average molecular weight is 334 g/mol. The first-order valence-corrected chi connectivity index (χ1v) is 9.78. The van der Waals surface area contributed by atoms with Crippen molar-refractivity contribution in [3.8, 4) is 0 Å². The third-order valence-electron chi connectivity index (χ3n) is 3.91. The Morgan fingerprint density at radius 2 is 2.05 bits per heavy atom. The fourth-order valence-electron chi connectivity index (χ4n) is 2.63. The third kappa shape index (κ3) is 4.24. The minimum Gasteiger partial charge on any atom is -0.378 e. The van der Waals surface area contributed by atoms with Crippen LogP contribution in [0.2, 0.25) is 0 Å². The largest absolute Gasteiger partial charge is 0.378 e. The second-order valence-corrected chi connectivity index (χ2v) is 7.94. The van der Waals surface area contributed by atoms with Crippen LogP contribution in [-0.4, -0.2) is 34.5 Å². The summed E-state index contributed by atoms with van der Waals surface area (Å²) in [4.78, 5) is 7.07. The molecule has 3 nitrogen and oxygen atoms in total. The smallest absolute Gasteiger partial charge is 0.112 e. The average Bonchev–Trinajstić information content (AvgIpc) is 2.94. The van der Waals surface area contributed by atoms with E-state index >= 15 is 0 Å². The topological polar surface area (TPSA) is 28.2 Å². The van der Waals surface area contributed by atoms with E-state index in [-0.39, 0.29) is 0 Å². The normalized spacial score (nSPS) is 15.9. The van der Waals surface area contributed by atoms with Crippen LogP contribution in [-0.2, 0) is 13.1 Å². The summed E-state index contributed by atoms with van der Waals surface area (Å²) < 4.78 is 0. The lowest BCUT2D eigenvalue weighted by molar-refractivity contribution is 0.294. The maximum absolute atomic E-state index is 4.52. The molecule has 0 aliphatic carbocycles. The molecule has 0 bridgehead atoms. The van der Waals surface area contributed by atoms with Gasteiger partial charge in [-0.2, -0.15) is 11.8 Å². The zero-order valence-corrected chi connectivity index (χ0v) is 14.9. The molecule has 0 unspecified atom stereocenters. The van der Waals surface area contributed by atoms with Crippen LogP contribution >= 0.6 is 23.1 Å². The molecule has 3 rings (SSSR count). The lowest BCUT2D eigenvalue weighted by Gasteiger charge is -2.26. The molecule has 1 aromatic carbocycles. The van der Waals surface area contributed by atoms with Gasteiger partial charge in [0.2, 0.25) is 0 Å². The Balaban J connectivity index is 1.64. The number of anilines is 1. The fraction of sp³-hybridized carbons (Fsp3) is 0.471. The summed E-state index contributed by atoms with van der Waals surface area (Å²) in [7, 11) is 0. The molecule has 118 valence electrons. The summed E-state index contributed by atoms with van der Waals surface area (Å²) in [6, 6.07) is 6.79. The summed E-state index contributed by atoms with van der Waals surface area (Å²) in [5.74, 6) is 2.53. The van der Waals surface area contributed by atoms with Gasteiger partial charge in [0.25, 0.3) is 0 Å². The van der Waals surface area contributed by atoms with Gasteiger partial charge in [-0.15, -0.1) is 11.3 Å². The van der Waals surface area contributed by atoms with E-state index in [1.165, 1.54) is 41.4 Å². The van der Waals surface area contributed by atoms with Crippen molar-refractivity contribution in [3.05, 3.63) is 45.4 Å². The minimum atomic E-state index is 0.809. The fourth-order valence-corrected chi connectivity index (χ4v) is 4.32. The first-order valence-electron chi connectivity index (χ1n) is 7.75. The summed E-state index contributed by atoms with van der Waals surface area (Å²) in [5, 5.41) is 6.80. The second-order valence-electron chi connectivity index (χ2n) is 5.77. The number of hydrogen-bond donors (Lipinski definition) is 1. The highest BCUT2D eigenvalue weighted by molar-refractivity contribution is 7.99. The molecule has 1 N–H and O–H groups in total. The van der Waals surface area contributed by atoms with Crippen LogP contribution < -0.4 is 5.32 Å². The van der Waals surface area contributed by atoms with E-state index in [4.69, 9.17) is 0 Å². The van der Waals surface area contributed by atoms with Gasteiger partial charge in [-0.05, 0) is 31.0 Å². The third-order valence-corrected chi connectivity index (χ3v) is 5.82. The first-order chi connectivity index (χ1) is 10.7. The highest BCUT2D eigenvalue weighted by Crippen LogP contribution is 2.21. The predicted molar refractivity (Wildman–Crippen MR) is 98.0 cm³/mol. The molecule has 0 spiro atoms. The van der Waals surface area contributed by atoms with Gasteiger partial charge < -0.3 is 5.32 Å². The molecule has 0 radical (unpaired) electrons. The zero-order chi connectivity index (χ0) is 15.4. The number of thiazole rings is 1. The van der Waals surface area contributed by atoms with Gasteiger partial charge in [0, 0.05) is 47.9 Å². The lowest BCUT2D eigenvalue weighted by atomic mass is 10.1. The van der Waals surface area contributed by atoms with E-state index in [0.717, 1.165) is 23.8 Å². The molecule has 1 aromatic heterocycles. The summed E-state index contributed by atoms with van der Waals surface area (Å²) in [6.07, 6.45) is 0. The van der Waals surface area contributed by atoms with Crippen molar-refractivity contribution >= 4 is 28.8 Å². The van der Waals surface area contributed by atoms with Gasteiger partial charge in [-0.3, -0.25) is 4.90 Å². The van der Waals surface area contributed by atoms with Gasteiger partial charge in [0.05, 0.1) is 6.54 Å². The van der Waals surface area contributed by atoms with Crippen molar-refractivity contribution in [2.75, 3.05) is 29.9 Å². The maximum atomic E-state index is 4.52. The van der Waals surface area contributed by atoms with E-state index in [9.17, 15) is 0 Å². The zero-order valence-electron chi connectivity index (χ0n) is 13.3. The van der Waals surface area contributed by atoms with Crippen molar-refractivity contribution in [1.82, 2.24) is 9.88 Å². The van der Waals surface area contributed by atoms with Crippen molar-refractivity contribution in [2.24, 2.45) is 0 Å². The summed E-state index contributed by atoms with van der Waals surface area (Å²) in [6.45, 7) is 8.49. The highest BCUT2D eigenvalue weighted by Gasteiger charge is 2.11. The van der Waals surface area contributed by atoms with E-state index in [1.54, 1.807) is 11.3 Å². The highest BCUT2D eigenvalue weighted by atomic mass is 32.2. The monoisotopic (exact) mass is 333 g/mol. The quantitative estimate of drug-likeness (QED) is 0.897. The molecule has 1 saturated heterocycles. The van der Waals surface area contributed by atoms with Crippen molar-refractivity contribution < 1.29 is 0 Å². The number of rotatable bonds is 5. The Bertz CT molecular complexity index is 618. The van der Waals surface area contributed by atoms with Crippen LogP contribution in [0.15, 0.2) is 23.6 Å². The van der Waals surface area contributed by atoms with Gasteiger partial charge in [-0.1, -0.05) is 12.1 Å². The van der Waals surface area contributed by atoms with Gasteiger partial charge in [-0.25, -0.2) is 4.98 Å².